The largest absolute Gasteiger partial charge is 0.449 e. The van der Waals surface area contributed by atoms with Gasteiger partial charge in [0.25, 0.3) is 5.91 Å². The number of rotatable bonds is 10. The van der Waals surface area contributed by atoms with Gasteiger partial charge in [-0.3, -0.25) is 14.5 Å². The Morgan fingerprint density at radius 3 is 1.87 bits per heavy atom. The highest BCUT2D eigenvalue weighted by Crippen LogP contribution is 2.52. The summed E-state index contributed by atoms with van der Waals surface area (Å²) in [5.74, 6) is -0.257. The van der Waals surface area contributed by atoms with Crippen LogP contribution in [0.4, 0.5) is 4.79 Å². The third-order valence-electron chi connectivity index (χ3n) is 6.97. The minimum Gasteiger partial charge on any atom is -0.449 e. The van der Waals surface area contributed by atoms with Crippen molar-refractivity contribution in [2.45, 2.75) is 42.2 Å². The summed E-state index contributed by atoms with van der Waals surface area (Å²) < 4.78 is 5.01. The van der Waals surface area contributed by atoms with Crippen LogP contribution in [0.5, 0.6) is 0 Å². The van der Waals surface area contributed by atoms with E-state index in [2.05, 4.69) is 72.8 Å². The van der Waals surface area contributed by atoms with E-state index in [0.29, 0.717) is 19.6 Å². The zero-order valence-corrected chi connectivity index (χ0v) is 23.1. The summed E-state index contributed by atoms with van der Waals surface area (Å²) in [6.45, 7) is 2.79. The van der Waals surface area contributed by atoms with Gasteiger partial charge in [-0.05, 0) is 29.5 Å². The Kier molecular flexibility index (Phi) is 9.48. The van der Waals surface area contributed by atoms with Crippen LogP contribution in [0.15, 0.2) is 91.0 Å². The van der Waals surface area contributed by atoms with Gasteiger partial charge in [0.2, 0.25) is 0 Å². The molecule has 1 aliphatic rings. The number of likely N-dealkylation sites (tertiary alicyclic amines) is 1. The second-order valence-electron chi connectivity index (χ2n) is 9.41. The van der Waals surface area contributed by atoms with Gasteiger partial charge in [0.05, 0.1) is 18.5 Å². The molecule has 3 aromatic carbocycles. The minimum atomic E-state index is -0.661. The Morgan fingerprint density at radius 2 is 1.42 bits per heavy atom. The molecule has 0 aliphatic carbocycles. The van der Waals surface area contributed by atoms with Crippen molar-refractivity contribution in [1.82, 2.24) is 9.96 Å². The molecule has 2 atom stereocenters. The van der Waals surface area contributed by atoms with Gasteiger partial charge in [0, 0.05) is 18.8 Å². The molecule has 0 aromatic heterocycles. The Morgan fingerprint density at radius 1 is 0.921 bits per heavy atom. The monoisotopic (exact) mass is 532 g/mol. The molecule has 0 saturated carbocycles. The summed E-state index contributed by atoms with van der Waals surface area (Å²) in [6.07, 6.45) is 1.75. The highest BCUT2D eigenvalue weighted by Gasteiger charge is 2.47. The Hall–Kier alpha value is -3.29. The molecule has 2 amide bonds. The SMILES string of the molecule is CCCCOC(=O)N1C[C@H](SC(c2ccccc2)(c2ccccc2)c2ccccc2)C[C@H]1C(=O)N(C)OC. The van der Waals surface area contributed by atoms with E-state index >= 15 is 0 Å². The number of unbranched alkanes of at least 4 members (excludes halogenated alkanes) is 1. The maximum absolute atomic E-state index is 13.3. The molecule has 1 heterocycles. The molecule has 1 saturated heterocycles. The Bertz CT molecular complexity index is 1080. The highest BCUT2D eigenvalue weighted by atomic mass is 32.2. The molecule has 1 aliphatic heterocycles. The van der Waals surface area contributed by atoms with E-state index in [1.807, 2.05) is 25.1 Å². The number of carbonyl (C=O) groups excluding carboxylic acids is 2. The average Bonchev–Trinajstić information content (AvgIpc) is 3.40. The Balaban J connectivity index is 1.75. The molecular weight excluding hydrogens is 496 g/mol. The van der Waals surface area contributed by atoms with E-state index in [4.69, 9.17) is 9.57 Å². The number of thioether (sulfide) groups is 1. The summed E-state index contributed by atoms with van der Waals surface area (Å²) in [6, 6.07) is 30.7. The van der Waals surface area contributed by atoms with Gasteiger partial charge in [0.15, 0.2) is 0 Å². The van der Waals surface area contributed by atoms with Crippen LogP contribution < -0.4 is 0 Å². The molecule has 1 fully saturated rings. The zero-order valence-electron chi connectivity index (χ0n) is 22.3. The van der Waals surface area contributed by atoms with Gasteiger partial charge in [-0.15, -0.1) is 11.8 Å². The van der Waals surface area contributed by atoms with E-state index in [9.17, 15) is 9.59 Å². The molecule has 4 rings (SSSR count). The van der Waals surface area contributed by atoms with Crippen LogP contribution in [-0.2, 0) is 19.1 Å². The van der Waals surface area contributed by atoms with Crippen LogP contribution in [0, 0.1) is 0 Å². The number of amides is 2. The molecule has 0 unspecified atom stereocenters. The van der Waals surface area contributed by atoms with Crippen molar-refractivity contribution in [3.8, 4) is 0 Å². The smallest absolute Gasteiger partial charge is 0.410 e. The third-order valence-corrected chi connectivity index (χ3v) is 8.71. The van der Waals surface area contributed by atoms with Crippen molar-refractivity contribution < 1.29 is 19.2 Å². The number of nitrogens with zero attached hydrogens (tertiary/aromatic N) is 2. The molecule has 7 heteroatoms. The Labute approximate surface area is 229 Å². The number of hydrogen-bond donors (Lipinski definition) is 0. The van der Waals surface area contributed by atoms with E-state index in [-0.39, 0.29) is 11.2 Å². The summed E-state index contributed by atoms with van der Waals surface area (Å²) in [4.78, 5) is 33.2. The maximum atomic E-state index is 13.3. The van der Waals surface area contributed by atoms with Gasteiger partial charge >= 0.3 is 6.09 Å². The van der Waals surface area contributed by atoms with Crippen LogP contribution in [-0.4, -0.2) is 60.6 Å². The van der Waals surface area contributed by atoms with Crippen molar-refractivity contribution in [3.63, 3.8) is 0 Å². The molecule has 3 aromatic rings. The van der Waals surface area contributed by atoms with E-state index in [1.165, 1.54) is 12.2 Å². The average molecular weight is 533 g/mol. The van der Waals surface area contributed by atoms with Crippen molar-refractivity contribution in [2.24, 2.45) is 0 Å². The fourth-order valence-electron chi connectivity index (χ4n) is 4.98. The molecule has 6 nitrogen and oxygen atoms in total. The number of hydrogen-bond acceptors (Lipinski definition) is 5. The van der Waals surface area contributed by atoms with Crippen LogP contribution in [0.1, 0.15) is 42.9 Å². The third kappa shape index (κ3) is 5.89. The van der Waals surface area contributed by atoms with E-state index < -0.39 is 16.9 Å². The molecule has 38 heavy (non-hydrogen) atoms. The zero-order chi connectivity index (χ0) is 27.0. The predicted octanol–water partition coefficient (Wildman–Crippen LogP) is 6.11. The molecule has 200 valence electrons. The first-order chi connectivity index (χ1) is 18.5. The van der Waals surface area contributed by atoms with Crippen molar-refractivity contribution in [3.05, 3.63) is 108 Å². The lowest BCUT2D eigenvalue weighted by atomic mass is 9.84. The molecular formula is C31H36N2O4S. The maximum Gasteiger partial charge on any atom is 0.410 e. The quantitative estimate of drug-likeness (QED) is 0.179. The number of likely N-dealkylation sites (N-methyl/N-ethyl adjacent to an activating group) is 1. The fourth-order valence-corrected chi connectivity index (χ4v) is 6.81. The van der Waals surface area contributed by atoms with Gasteiger partial charge < -0.3 is 4.74 Å². The summed E-state index contributed by atoms with van der Waals surface area (Å²) >= 11 is 1.79. The first-order valence-electron chi connectivity index (χ1n) is 13.1. The summed E-state index contributed by atoms with van der Waals surface area (Å²) in [5.41, 5.74) is 3.43. The molecule has 0 spiro atoms. The van der Waals surface area contributed by atoms with E-state index in [1.54, 1.807) is 23.7 Å². The summed E-state index contributed by atoms with van der Waals surface area (Å²) in [5, 5.41) is 1.16. The standard InChI is InChI=1S/C31H36N2O4S/c1-4-5-21-37-30(35)33-23-27(22-28(33)29(34)32(2)36-3)38-31(24-15-9-6-10-16-24,25-17-11-7-12-18-25)26-19-13-8-14-20-26/h6-20,27-28H,4-5,21-23H2,1-3H3/t27-,28+/m1/s1. The molecule has 0 N–H and O–H groups in total. The van der Waals surface area contributed by atoms with Gasteiger partial charge in [-0.2, -0.15) is 0 Å². The molecule has 0 radical (unpaired) electrons. The number of benzene rings is 3. The van der Waals surface area contributed by atoms with Gasteiger partial charge in [-0.25, -0.2) is 9.86 Å². The lowest BCUT2D eigenvalue weighted by Crippen LogP contribution is -2.46. The number of hydroxylamine groups is 2. The topological polar surface area (TPSA) is 59.1 Å². The summed E-state index contributed by atoms with van der Waals surface area (Å²) in [7, 11) is 3.03. The first-order valence-corrected chi connectivity index (χ1v) is 14.0. The van der Waals surface area contributed by atoms with Crippen LogP contribution in [0.3, 0.4) is 0 Å². The first kappa shape index (κ1) is 27.7. The van der Waals surface area contributed by atoms with Crippen LogP contribution >= 0.6 is 11.8 Å². The number of ether oxygens (including phenoxy) is 1. The number of carbonyl (C=O) groups is 2. The fraction of sp³-hybridized carbons (Fsp3) is 0.355. The van der Waals surface area contributed by atoms with Crippen LogP contribution in [0.2, 0.25) is 0 Å². The second-order valence-corrected chi connectivity index (χ2v) is 10.9. The predicted molar refractivity (Wildman–Crippen MR) is 152 cm³/mol. The van der Waals surface area contributed by atoms with Crippen LogP contribution in [0.25, 0.3) is 0 Å². The highest BCUT2D eigenvalue weighted by molar-refractivity contribution is 8.01. The van der Waals surface area contributed by atoms with E-state index in [0.717, 1.165) is 29.5 Å². The second kappa shape index (κ2) is 13.0. The van der Waals surface area contributed by atoms with Gasteiger partial charge in [-0.1, -0.05) is 104 Å². The van der Waals surface area contributed by atoms with Gasteiger partial charge in [0.1, 0.15) is 6.04 Å². The lowest BCUT2D eigenvalue weighted by Gasteiger charge is -2.37. The van der Waals surface area contributed by atoms with Crippen molar-refractivity contribution in [1.29, 1.82) is 0 Å². The minimum absolute atomic E-state index is 0.0338. The molecule has 0 bridgehead atoms. The normalized spacial score (nSPS) is 17.3. The van der Waals surface area contributed by atoms with Crippen molar-refractivity contribution in [2.75, 3.05) is 27.3 Å². The van der Waals surface area contributed by atoms with Crippen molar-refractivity contribution >= 4 is 23.8 Å². The lowest BCUT2D eigenvalue weighted by molar-refractivity contribution is -0.173.